The van der Waals surface area contributed by atoms with Gasteiger partial charge in [0.15, 0.2) is 11.5 Å². The van der Waals surface area contributed by atoms with Crippen LogP contribution < -0.4 is 10.1 Å². The second-order valence-corrected chi connectivity index (χ2v) is 4.74. The van der Waals surface area contributed by atoms with Crippen molar-refractivity contribution in [3.63, 3.8) is 0 Å². The highest BCUT2D eigenvalue weighted by atomic mass is 32.1. The molecule has 2 rings (SSSR count). The molecule has 0 amide bonds. The molecule has 0 saturated heterocycles. The molecule has 96 valence electrons. The van der Waals surface area contributed by atoms with Crippen molar-refractivity contribution in [3.05, 3.63) is 40.3 Å². The number of thiazole rings is 1. The van der Waals surface area contributed by atoms with E-state index in [1.165, 1.54) is 4.88 Å². The van der Waals surface area contributed by atoms with Gasteiger partial charge in [-0.1, -0.05) is 12.1 Å². The number of hydrogen-bond donors (Lipinski definition) is 2. The van der Waals surface area contributed by atoms with Gasteiger partial charge in [-0.05, 0) is 13.0 Å². The molecule has 1 aromatic heterocycles. The second-order valence-electron chi connectivity index (χ2n) is 3.77. The minimum Gasteiger partial charge on any atom is -0.504 e. The fourth-order valence-corrected chi connectivity index (χ4v) is 2.20. The highest BCUT2D eigenvalue weighted by Gasteiger charge is 2.07. The summed E-state index contributed by atoms with van der Waals surface area (Å²) in [5.41, 5.74) is 2.65. The third-order valence-corrected chi connectivity index (χ3v) is 3.26. The molecule has 0 saturated carbocycles. The molecule has 2 N–H and O–H groups in total. The number of para-hydroxylation sites is 1. The van der Waals surface area contributed by atoms with Crippen LogP contribution in [0.3, 0.4) is 0 Å². The number of ether oxygens (including phenoxy) is 1. The van der Waals surface area contributed by atoms with E-state index in [9.17, 15) is 5.11 Å². The number of phenolic OH excluding ortho intramolecular Hbond substituents is 1. The van der Waals surface area contributed by atoms with Gasteiger partial charge in [0.05, 0.1) is 12.1 Å². The SMILES string of the molecule is CCOc1cccc(CNCc2cncs2)c1O. The lowest BCUT2D eigenvalue weighted by Gasteiger charge is -2.10. The van der Waals surface area contributed by atoms with Crippen LogP contribution in [0.15, 0.2) is 29.9 Å². The highest BCUT2D eigenvalue weighted by Crippen LogP contribution is 2.29. The highest BCUT2D eigenvalue weighted by molar-refractivity contribution is 7.09. The number of nitrogens with one attached hydrogen (secondary N) is 1. The summed E-state index contributed by atoms with van der Waals surface area (Å²) in [6.45, 7) is 3.80. The first kappa shape index (κ1) is 12.9. The van der Waals surface area contributed by atoms with Gasteiger partial charge in [0.25, 0.3) is 0 Å². The molecule has 0 radical (unpaired) electrons. The Morgan fingerprint density at radius 1 is 1.39 bits per heavy atom. The first-order valence-corrected chi connectivity index (χ1v) is 6.71. The van der Waals surface area contributed by atoms with Crippen LogP contribution in [0.25, 0.3) is 0 Å². The third kappa shape index (κ3) is 3.21. The maximum absolute atomic E-state index is 10.0. The number of nitrogens with zero attached hydrogens (tertiary/aromatic N) is 1. The third-order valence-electron chi connectivity index (χ3n) is 2.48. The Bertz CT molecular complexity index is 486. The molecule has 18 heavy (non-hydrogen) atoms. The fraction of sp³-hybridized carbons (Fsp3) is 0.308. The zero-order chi connectivity index (χ0) is 12.8. The van der Waals surface area contributed by atoms with Crippen LogP contribution >= 0.6 is 11.3 Å². The van der Waals surface area contributed by atoms with Crippen molar-refractivity contribution in [2.75, 3.05) is 6.61 Å². The van der Waals surface area contributed by atoms with E-state index in [4.69, 9.17) is 4.74 Å². The van der Waals surface area contributed by atoms with Crippen LogP contribution in [-0.4, -0.2) is 16.7 Å². The van der Waals surface area contributed by atoms with Gasteiger partial charge in [-0.2, -0.15) is 0 Å². The normalized spacial score (nSPS) is 10.5. The molecule has 0 spiro atoms. The smallest absolute Gasteiger partial charge is 0.162 e. The Labute approximate surface area is 110 Å². The number of phenols is 1. The summed E-state index contributed by atoms with van der Waals surface area (Å²) in [5, 5.41) is 13.3. The lowest BCUT2D eigenvalue weighted by Crippen LogP contribution is -2.12. The number of hydrogen-bond acceptors (Lipinski definition) is 5. The molecule has 0 aliphatic rings. The van der Waals surface area contributed by atoms with Gasteiger partial charge in [-0.25, -0.2) is 0 Å². The average Bonchev–Trinajstić information content (AvgIpc) is 2.87. The predicted octanol–water partition coefficient (Wildman–Crippen LogP) is 2.54. The van der Waals surface area contributed by atoms with Gasteiger partial charge in [-0.3, -0.25) is 4.98 Å². The quantitative estimate of drug-likeness (QED) is 0.842. The maximum Gasteiger partial charge on any atom is 0.162 e. The van der Waals surface area contributed by atoms with Gasteiger partial charge in [0, 0.05) is 29.7 Å². The van der Waals surface area contributed by atoms with Crippen LogP contribution in [0.4, 0.5) is 0 Å². The standard InChI is InChI=1S/C13H16N2O2S/c1-2-17-12-5-3-4-10(13(12)16)6-14-7-11-8-15-9-18-11/h3-5,8-9,14,16H,2,6-7H2,1H3. The van der Waals surface area contributed by atoms with E-state index in [2.05, 4.69) is 10.3 Å². The summed E-state index contributed by atoms with van der Waals surface area (Å²) >= 11 is 1.61. The zero-order valence-electron chi connectivity index (χ0n) is 10.2. The Balaban J connectivity index is 1.94. The molecule has 2 aromatic rings. The van der Waals surface area contributed by atoms with Crippen molar-refractivity contribution in [2.45, 2.75) is 20.0 Å². The number of aromatic nitrogens is 1. The summed E-state index contributed by atoms with van der Waals surface area (Å²) in [6, 6.07) is 5.54. The average molecular weight is 264 g/mol. The molecular formula is C13H16N2O2S. The number of rotatable bonds is 6. The molecule has 0 aliphatic heterocycles. The van der Waals surface area contributed by atoms with E-state index in [1.54, 1.807) is 17.4 Å². The topological polar surface area (TPSA) is 54.4 Å². The Kier molecular flexibility index (Phi) is 4.55. The van der Waals surface area contributed by atoms with Crippen LogP contribution in [-0.2, 0) is 13.1 Å². The van der Waals surface area contributed by atoms with Crippen LogP contribution in [0.2, 0.25) is 0 Å². The monoisotopic (exact) mass is 264 g/mol. The van der Waals surface area contributed by atoms with Crippen molar-refractivity contribution < 1.29 is 9.84 Å². The van der Waals surface area contributed by atoms with Crippen LogP contribution in [0.5, 0.6) is 11.5 Å². The van der Waals surface area contributed by atoms with E-state index in [-0.39, 0.29) is 5.75 Å². The van der Waals surface area contributed by atoms with Crippen molar-refractivity contribution in [3.8, 4) is 11.5 Å². The number of benzene rings is 1. The van der Waals surface area contributed by atoms with E-state index in [1.807, 2.05) is 30.8 Å². The summed E-state index contributed by atoms with van der Waals surface area (Å²) in [4.78, 5) is 5.19. The molecular weight excluding hydrogens is 248 g/mol. The minimum absolute atomic E-state index is 0.219. The van der Waals surface area contributed by atoms with Crippen molar-refractivity contribution in [1.29, 1.82) is 0 Å². The Hall–Kier alpha value is -1.59. The first-order valence-electron chi connectivity index (χ1n) is 5.83. The van der Waals surface area contributed by atoms with E-state index < -0.39 is 0 Å². The maximum atomic E-state index is 10.0. The van der Waals surface area contributed by atoms with Crippen molar-refractivity contribution >= 4 is 11.3 Å². The van der Waals surface area contributed by atoms with Crippen LogP contribution in [0, 0.1) is 0 Å². The van der Waals surface area contributed by atoms with E-state index in [0.29, 0.717) is 18.9 Å². The molecule has 0 unspecified atom stereocenters. The fourth-order valence-electron chi connectivity index (χ4n) is 1.63. The minimum atomic E-state index is 0.219. The largest absolute Gasteiger partial charge is 0.504 e. The van der Waals surface area contributed by atoms with E-state index in [0.717, 1.165) is 12.1 Å². The Morgan fingerprint density at radius 3 is 3.00 bits per heavy atom. The molecule has 1 heterocycles. The Morgan fingerprint density at radius 2 is 2.28 bits per heavy atom. The summed E-state index contributed by atoms with van der Waals surface area (Å²) in [7, 11) is 0. The molecule has 5 heteroatoms. The summed E-state index contributed by atoms with van der Waals surface area (Å²) in [6.07, 6.45) is 1.84. The second kappa shape index (κ2) is 6.37. The van der Waals surface area contributed by atoms with Gasteiger partial charge in [-0.15, -0.1) is 11.3 Å². The zero-order valence-corrected chi connectivity index (χ0v) is 11.0. The van der Waals surface area contributed by atoms with Crippen molar-refractivity contribution in [2.24, 2.45) is 0 Å². The van der Waals surface area contributed by atoms with E-state index >= 15 is 0 Å². The summed E-state index contributed by atoms with van der Waals surface area (Å²) in [5.74, 6) is 0.755. The van der Waals surface area contributed by atoms with Crippen LogP contribution in [0.1, 0.15) is 17.4 Å². The van der Waals surface area contributed by atoms with Gasteiger partial charge in [0.1, 0.15) is 0 Å². The molecule has 0 bridgehead atoms. The summed E-state index contributed by atoms with van der Waals surface area (Å²) < 4.78 is 5.34. The predicted molar refractivity (Wildman–Crippen MR) is 71.9 cm³/mol. The lowest BCUT2D eigenvalue weighted by atomic mass is 10.2. The lowest BCUT2D eigenvalue weighted by molar-refractivity contribution is 0.316. The molecule has 0 aliphatic carbocycles. The molecule has 1 aromatic carbocycles. The van der Waals surface area contributed by atoms with Gasteiger partial charge >= 0.3 is 0 Å². The first-order chi connectivity index (χ1) is 8.81. The number of aromatic hydroxyl groups is 1. The molecule has 0 atom stereocenters. The molecule has 4 nitrogen and oxygen atoms in total. The van der Waals surface area contributed by atoms with Gasteiger partial charge < -0.3 is 15.2 Å². The van der Waals surface area contributed by atoms with Gasteiger partial charge in [0.2, 0.25) is 0 Å². The molecule has 0 fully saturated rings. The van der Waals surface area contributed by atoms with Crippen molar-refractivity contribution in [1.82, 2.24) is 10.3 Å².